The maximum absolute atomic E-state index is 16.0. The molecular formula is C34H41F3N6O3Si. The number of likely N-dealkylation sites (tertiary alicyclic amines) is 1. The summed E-state index contributed by atoms with van der Waals surface area (Å²) in [6.07, 6.45) is 0.724. The molecule has 9 nitrogen and oxygen atoms in total. The topological polar surface area (TPSA) is 128 Å². The van der Waals surface area contributed by atoms with E-state index in [1.165, 1.54) is 18.2 Å². The van der Waals surface area contributed by atoms with Crippen LogP contribution >= 0.6 is 0 Å². The molecule has 0 radical (unpaired) electrons. The third-order valence-corrected chi connectivity index (χ3v) is 13.2. The average Bonchev–Trinajstić information content (AvgIpc) is 3.68. The Kier molecular flexibility index (Phi) is 8.77. The maximum atomic E-state index is 16.0. The van der Waals surface area contributed by atoms with Crippen LogP contribution in [-0.4, -0.2) is 55.8 Å². The van der Waals surface area contributed by atoms with Gasteiger partial charge in [-0.2, -0.15) is 0 Å². The summed E-state index contributed by atoms with van der Waals surface area (Å²) in [5.41, 5.74) is 14.3. The smallest absolute Gasteiger partial charge is 0.407 e. The molecule has 3 saturated heterocycles. The van der Waals surface area contributed by atoms with Crippen LogP contribution in [-0.2, 0) is 4.79 Å². The molecule has 0 aliphatic carbocycles. The Hall–Kier alpha value is -4.39. The maximum Gasteiger partial charge on any atom is 0.407 e. The summed E-state index contributed by atoms with van der Waals surface area (Å²) in [7, 11) is -1.37. The number of hydrogen-bond donors (Lipinski definition) is 4. The molecular weight excluding hydrogens is 625 g/mol. The first-order valence-corrected chi connectivity index (χ1v) is 19.5. The summed E-state index contributed by atoms with van der Waals surface area (Å²) >= 11 is 0. The van der Waals surface area contributed by atoms with Crippen LogP contribution in [0, 0.1) is 17.5 Å². The molecule has 0 aromatic heterocycles. The Morgan fingerprint density at radius 1 is 0.872 bits per heavy atom. The largest absolute Gasteiger partial charge is 0.465 e. The number of nitrogens with one attached hydrogen (secondary N) is 1. The normalized spacial score (nSPS) is 22.5. The number of nitrogens with two attached hydrogens (primary N) is 2. The van der Waals surface area contributed by atoms with Crippen molar-refractivity contribution in [2.45, 2.75) is 69.0 Å². The number of anilines is 5. The first-order valence-electron chi connectivity index (χ1n) is 16.1. The molecule has 250 valence electrons. The second kappa shape index (κ2) is 12.7. The summed E-state index contributed by atoms with van der Waals surface area (Å²) in [6, 6.07) is 12.5. The van der Waals surface area contributed by atoms with Crippen LogP contribution in [0.1, 0.15) is 48.9 Å². The van der Waals surface area contributed by atoms with Gasteiger partial charge < -0.3 is 31.7 Å². The lowest BCUT2D eigenvalue weighted by atomic mass is 10.0. The van der Waals surface area contributed by atoms with Gasteiger partial charge in [-0.25, -0.2) is 18.0 Å². The number of rotatable bonds is 6. The standard InChI is InChI=1S/C34H41F3N6O3Si/c1-47(2)14-12-41(13-15-47)32-25(36)16-22(17-26(32)37)43-29(20-5-7-21(38)8-6-20)9-10-30(43)23-18-27(39)28(19-24(23)35)40-33(44)31-4-3-11-42(31)34(45)46/h5-8,16-19,29-31H,3-4,9-15,38-39H2,1-2H3,(H,40,44)(H,45,46)/t29-,30-,31+/m1/s1. The fourth-order valence-corrected chi connectivity index (χ4v) is 9.32. The summed E-state index contributed by atoms with van der Waals surface area (Å²) in [4.78, 5) is 29.2. The highest BCUT2D eigenvalue weighted by Gasteiger charge is 2.39. The highest BCUT2D eigenvalue weighted by Crippen LogP contribution is 2.49. The van der Waals surface area contributed by atoms with Crippen molar-refractivity contribution in [1.29, 1.82) is 0 Å². The molecule has 0 unspecified atom stereocenters. The van der Waals surface area contributed by atoms with Crippen molar-refractivity contribution in [2.24, 2.45) is 0 Å². The van der Waals surface area contributed by atoms with E-state index in [0.717, 1.165) is 28.6 Å². The van der Waals surface area contributed by atoms with Crippen LogP contribution in [0.15, 0.2) is 48.5 Å². The number of carbonyl (C=O) groups is 2. The van der Waals surface area contributed by atoms with Crippen molar-refractivity contribution < 1.29 is 27.9 Å². The molecule has 3 fully saturated rings. The molecule has 3 aromatic rings. The Bertz CT molecular complexity index is 1660. The lowest BCUT2D eigenvalue weighted by molar-refractivity contribution is -0.119. The zero-order valence-electron chi connectivity index (χ0n) is 26.6. The summed E-state index contributed by atoms with van der Waals surface area (Å²) in [5, 5.41) is 12.0. The molecule has 3 aliphatic heterocycles. The van der Waals surface area contributed by atoms with Crippen LogP contribution < -0.4 is 26.6 Å². The second-order valence-corrected chi connectivity index (χ2v) is 19.0. The van der Waals surface area contributed by atoms with Gasteiger partial charge in [-0.15, -0.1) is 0 Å². The van der Waals surface area contributed by atoms with Gasteiger partial charge in [0.25, 0.3) is 0 Å². The molecule has 0 saturated carbocycles. The Morgan fingerprint density at radius 2 is 1.51 bits per heavy atom. The zero-order valence-corrected chi connectivity index (χ0v) is 27.6. The predicted molar refractivity (Wildman–Crippen MR) is 181 cm³/mol. The van der Waals surface area contributed by atoms with Crippen molar-refractivity contribution in [3.63, 3.8) is 0 Å². The van der Waals surface area contributed by atoms with Crippen LogP contribution in [0.5, 0.6) is 0 Å². The predicted octanol–water partition coefficient (Wildman–Crippen LogP) is 6.96. The van der Waals surface area contributed by atoms with E-state index in [0.29, 0.717) is 44.5 Å². The van der Waals surface area contributed by atoms with Crippen molar-refractivity contribution in [1.82, 2.24) is 4.90 Å². The van der Waals surface area contributed by atoms with E-state index in [1.54, 1.807) is 17.0 Å². The Morgan fingerprint density at radius 3 is 2.15 bits per heavy atom. The van der Waals surface area contributed by atoms with Gasteiger partial charge in [-0.1, -0.05) is 25.2 Å². The summed E-state index contributed by atoms with van der Waals surface area (Å²) in [6.45, 7) is 6.03. The molecule has 0 spiro atoms. The number of carbonyl (C=O) groups excluding carboxylic acids is 1. The van der Waals surface area contributed by atoms with Gasteiger partial charge in [0.05, 0.1) is 31.5 Å². The van der Waals surface area contributed by atoms with Crippen LogP contribution in [0.25, 0.3) is 0 Å². The molecule has 6 rings (SSSR count). The number of hydrogen-bond acceptors (Lipinski definition) is 6. The lowest BCUT2D eigenvalue weighted by Crippen LogP contribution is -2.43. The van der Waals surface area contributed by atoms with E-state index in [2.05, 4.69) is 18.4 Å². The number of halogens is 3. The van der Waals surface area contributed by atoms with Gasteiger partial charge >= 0.3 is 6.09 Å². The SMILES string of the molecule is C[Si]1(C)CCN(c2c(F)cc(N3[C@@H](c4ccc(N)cc4)CC[C@@H]3c3cc(N)c(NC(=O)[C@@H]4CCCN4C(=O)O)cc3F)cc2F)CC1. The van der Waals surface area contributed by atoms with Crippen LogP contribution in [0.3, 0.4) is 0 Å². The number of nitrogen functional groups attached to an aromatic ring is 2. The second-order valence-electron chi connectivity index (χ2n) is 13.7. The molecule has 6 N–H and O–H groups in total. The summed E-state index contributed by atoms with van der Waals surface area (Å²) in [5.74, 6) is -2.56. The third-order valence-electron chi connectivity index (χ3n) is 10.0. The van der Waals surface area contributed by atoms with Gasteiger partial charge in [-0.05, 0) is 79.7 Å². The van der Waals surface area contributed by atoms with Gasteiger partial charge in [0.2, 0.25) is 5.91 Å². The van der Waals surface area contributed by atoms with Crippen LogP contribution in [0.2, 0.25) is 25.2 Å². The minimum atomic E-state index is -1.37. The number of amides is 2. The minimum Gasteiger partial charge on any atom is -0.465 e. The highest BCUT2D eigenvalue weighted by atomic mass is 28.3. The van der Waals surface area contributed by atoms with Gasteiger partial charge in [0.1, 0.15) is 17.5 Å². The monoisotopic (exact) mass is 666 g/mol. The quantitative estimate of drug-likeness (QED) is 0.165. The van der Waals surface area contributed by atoms with Crippen molar-refractivity contribution in [3.8, 4) is 0 Å². The zero-order chi connectivity index (χ0) is 33.6. The van der Waals surface area contributed by atoms with E-state index in [9.17, 15) is 14.7 Å². The molecule has 3 atom stereocenters. The molecule has 3 heterocycles. The third kappa shape index (κ3) is 6.45. The number of carboxylic acid groups (broad SMARTS) is 1. The van der Waals surface area contributed by atoms with Crippen molar-refractivity contribution >= 4 is 48.5 Å². The Balaban J connectivity index is 1.34. The molecule has 3 aromatic carbocycles. The lowest BCUT2D eigenvalue weighted by Gasteiger charge is -2.38. The highest BCUT2D eigenvalue weighted by molar-refractivity contribution is 6.77. The molecule has 2 amide bonds. The minimum absolute atomic E-state index is 0.0299. The van der Waals surface area contributed by atoms with Crippen LogP contribution in [0.4, 0.5) is 46.4 Å². The van der Waals surface area contributed by atoms with E-state index in [1.807, 2.05) is 17.0 Å². The van der Waals surface area contributed by atoms with Crippen molar-refractivity contribution in [2.75, 3.05) is 46.2 Å². The fraction of sp³-hybridized carbons (Fsp3) is 0.412. The Labute approximate surface area is 273 Å². The summed E-state index contributed by atoms with van der Waals surface area (Å²) < 4.78 is 47.8. The van der Waals surface area contributed by atoms with Gasteiger partial charge in [-0.3, -0.25) is 9.69 Å². The van der Waals surface area contributed by atoms with E-state index in [-0.39, 0.29) is 40.9 Å². The van der Waals surface area contributed by atoms with E-state index < -0.39 is 49.6 Å². The first kappa shape index (κ1) is 32.5. The van der Waals surface area contributed by atoms with E-state index in [4.69, 9.17) is 11.5 Å². The molecule has 0 bridgehead atoms. The van der Waals surface area contributed by atoms with Gasteiger partial charge in [0.15, 0.2) is 11.6 Å². The molecule has 13 heteroatoms. The first-order chi connectivity index (χ1) is 22.3. The van der Waals surface area contributed by atoms with Crippen molar-refractivity contribution in [3.05, 3.63) is 77.1 Å². The fourth-order valence-electron chi connectivity index (χ4n) is 7.32. The van der Waals surface area contributed by atoms with Gasteiger partial charge in [0, 0.05) is 36.6 Å². The van der Waals surface area contributed by atoms with E-state index >= 15 is 13.2 Å². The molecule has 47 heavy (non-hydrogen) atoms. The average molecular weight is 667 g/mol. The number of nitrogens with zero attached hydrogens (tertiary/aromatic N) is 3. The molecule has 3 aliphatic rings. The number of benzene rings is 3.